The van der Waals surface area contributed by atoms with E-state index >= 15 is 0 Å². The Kier molecular flexibility index (Phi) is 1.81. The molecular weight excluding hydrogens is 174 g/mol. The average molecular weight is 189 g/mol. The second-order valence-corrected chi connectivity index (χ2v) is 5.14. The zero-order valence-corrected chi connectivity index (χ0v) is 8.26. The van der Waals surface area contributed by atoms with Crippen molar-refractivity contribution in [2.75, 3.05) is 0 Å². The zero-order chi connectivity index (χ0) is 9.54. The van der Waals surface area contributed by atoms with Crippen molar-refractivity contribution in [2.24, 2.45) is 28.8 Å². The molecule has 0 saturated heterocycles. The summed E-state index contributed by atoms with van der Waals surface area (Å²) in [5.41, 5.74) is 9.80. The van der Waals surface area contributed by atoms with Crippen molar-refractivity contribution in [1.29, 1.82) is 0 Å². The minimum atomic E-state index is 0.761. The molecule has 3 heteroatoms. The Bertz CT molecular complexity index is 295. The van der Waals surface area contributed by atoms with Crippen molar-refractivity contribution >= 4 is 0 Å². The largest absolute Gasteiger partial charge is 0.0686 e. The van der Waals surface area contributed by atoms with Crippen LogP contribution in [0.1, 0.15) is 32.1 Å². The lowest BCUT2D eigenvalue weighted by atomic mass is 9.54. The minimum Gasteiger partial charge on any atom is -0.0686 e. The molecule has 4 aliphatic carbocycles. The number of hydrogen-bond acceptors (Lipinski definition) is 1. The lowest BCUT2D eigenvalue weighted by Crippen LogP contribution is -2.40. The first-order valence-corrected chi connectivity index (χ1v) is 5.61. The number of hydrogen-bond donors (Lipinski definition) is 0. The maximum absolute atomic E-state index is 8.33. The first-order chi connectivity index (χ1) is 6.86. The summed E-state index contributed by atoms with van der Waals surface area (Å²) in [6.07, 6.45) is 8.73. The molecule has 0 aliphatic heterocycles. The van der Waals surface area contributed by atoms with E-state index < -0.39 is 0 Å². The summed E-state index contributed by atoms with van der Waals surface area (Å²) >= 11 is 0. The summed E-state index contributed by atoms with van der Waals surface area (Å²) in [5, 5.41) is 3.64. The fraction of sp³-hybridized carbons (Fsp3) is 0.818. The Labute approximate surface area is 83.8 Å². The molecule has 0 unspecified atom stereocenters. The lowest BCUT2D eigenvalue weighted by Gasteiger charge is -2.51. The fourth-order valence-corrected chi connectivity index (χ4v) is 4.03. The van der Waals surface area contributed by atoms with Crippen LogP contribution in [-0.2, 0) is 0 Å². The van der Waals surface area contributed by atoms with Crippen molar-refractivity contribution in [3.8, 4) is 0 Å². The monoisotopic (exact) mass is 189 g/mol. The SMILES string of the molecule is [N-]=[N+]=NC=C1C2CC3CC(C2)CC1C3. The van der Waals surface area contributed by atoms with Crippen LogP contribution in [-0.4, -0.2) is 0 Å². The van der Waals surface area contributed by atoms with Crippen LogP contribution in [0.25, 0.3) is 10.4 Å². The summed E-state index contributed by atoms with van der Waals surface area (Å²) in [6.45, 7) is 0. The fourth-order valence-electron chi connectivity index (χ4n) is 4.03. The quantitative estimate of drug-likeness (QED) is 0.343. The van der Waals surface area contributed by atoms with E-state index in [4.69, 9.17) is 5.53 Å². The lowest BCUT2D eigenvalue weighted by molar-refractivity contribution is 0.0694. The van der Waals surface area contributed by atoms with E-state index in [1.165, 1.54) is 37.7 Å². The van der Waals surface area contributed by atoms with E-state index in [1.807, 2.05) is 6.20 Å². The minimum absolute atomic E-state index is 0.761. The van der Waals surface area contributed by atoms with Gasteiger partial charge < -0.3 is 0 Å². The van der Waals surface area contributed by atoms with Crippen LogP contribution in [0.5, 0.6) is 0 Å². The smallest absolute Gasteiger partial charge is 0.00475 e. The molecule has 0 amide bonds. The van der Waals surface area contributed by atoms with Gasteiger partial charge >= 0.3 is 0 Å². The van der Waals surface area contributed by atoms with Crippen molar-refractivity contribution in [3.05, 3.63) is 22.2 Å². The summed E-state index contributed by atoms with van der Waals surface area (Å²) in [6, 6.07) is 0. The van der Waals surface area contributed by atoms with Gasteiger partial charge in [-0.05, 0) is 61.3 Å². The first-order valence-electron chi connectivity index (χ1n) is 5.61. The molecule has 0 N–H and O–H groups in total. The van der Waals surface area contributed by atoms with Crippen molar-refractivity contribution in [1.82, 2.24) is 0 Å². The molecule has 4 rings (SSSR count). The maximum atomic E-state index is 8.33. The van der Waals surface area contributed by atoms with Gasteiger partial charge in [0.1, 0.15) is 0 Å². The Morgan fingerprint density at radius 3 is 2.14 bits per heavy atom. The van der Waals surface area contributed by atoms with E-state index in [2.05, 4.69) is 10.0 Å². The number of azide groups is 1. The molecule has 4 saturated carbocycles. The van der Waals surface area contributed by atoms with Gasteiger partial charge in [0, 0.05) is 11.1 Å². The van der Waals surface area contributed by atoms with Crippen LogP contribution in [0.3, 0.4) is 0 Å². The molecule has 3 nitrogen and oxygen atoms in total. The molecule has 0 atom stereocenters. The highest BCUT2D eigenvalue weighted by Gasteiger charge is 2.44. The van der Waals surface area contributed by atoms with Gasteiger partial charge in [-0.15, -0.1) is 0 Å². The van der Waals surface area contributed by atoms with Crippen LogP contribution in [0, 0.1) is 23.7 Å². The molecule has 0 radical (unpaired) electrons. The first kappa shape index (κ1) is 8.37. The van der Waals surface area contributed by atoms with Crippen LogP contribution in [0.4, 0.5) is 0 Å². The van der Waals surface area contributed by atoms with Gasteiger partial charge in [0.25, 0.3) is 0 Å². The van der Waals surface area contributed by atoms with Crippen LogP contribution < -0.4 is 0 Å². The normalized spacial score (nSPS) is 43.6. The second kappa shape index (κ2) is 3.03. The average Bonchev–Trinajstić information content (AvgIpc) is 2.15. The third-order valence-electron chi connectivity index (χ3n) is 4.34. The summed E-state index contributed by atoms with van der Waals surface area (Å²) in [4.78, 5) is 2.84. The molecular formula is C11H15N3. The molecule has 0 aromatic carbocycles. The number of nitrogens with zero attached hydrogens (tertiary/aromatic N) is 3. The maximum Gasteiger partial charge on any atom is 0.00475 e. The predicted molar refractivity (Wildman–Crippen MR) is 54.3 cm³/mol. The van der Waals surface area contributed by atoms with E-state index in [-0.39, 0.29) is 0 Å². The highest BCUT2D eigenvalue weighted by molar-refractivity contribution is 5.19. The Balaban J connectivity index is 1.91. The Hall–Kier alpha value is -0.950. The molecule has 4 fully saturated rings. The summed E-state index contributed by atoms with van der Waals surface area (Å²) < 4.78 is 0. The molecule has 74 valence electrons. The van der Waals surface area contributed by atoms with Gasteiger partial charge in [-0.1, -0.05) is 10.7 Å². The van der Waals surface area contributed by atoms with Gasteiger partial charge in [-0.3, -0.25) is 0 Å². The standard InChI is InChI=1S/C11H15N3/c12-14-13-6-11-9-2-7-1-8(4-9)5-10(11)3-7/h6-10H,1-5H2. The Morgan fingerprint density at radius 1 is 1.07 bits per heavy atom. The molecule has 14 heavy (non-hydrogen) atoms. The predicted octanol–water partition coefficient (Wildman–Crippen LogP) is 3.64. The third-order valence-corrected chi connectivity index (χ3v) is 4.34. The zero-order valence-electron chi connectivity index (χ0n) is 8.26. The van der Waals surface area contributed by atoms with Crippen LogP contribution in [0.2, 0.25) is 0 Å². The van der Waals surface area contributed by atoms with Crippen LogP contribution in [0.15, 0.2) is 16.9 Å². The van der Waals surface area contributed by atoms with E-state index in [9.17, 15) is 0 Å². The summed E-state index contributed by atoms with van der Waals surface area (Å²) in [5.74, 6) is 3.50. The van der Waals surface area contributed by atoms with E-state index in [1.54, 1.807) is 0 Å². The molecule has 0 spiro atoms. The van der Waals surface area contributed by atoms with Gasteiger partial charge in [0.15, 0.2) is 0 Å². The van der Waals surface area contributed by atoms with Gasteiger partial charge in [0.2, 0.25) is 0 Å². The van der Waals surface area contributed by atoms with Crippen molar-refractivity contribution in [3.63, 3.8) is 0 Å². The third kappa shape index (κ3) is 1.16. The Morgan fingerprint density at radius 2 is 1.64 bits per heavy atom. The van der Waals surface area contributed by atoms with Gasteiger partial charge in [0.05, 0.1) is 0 Å². The molecule has 0 aromatic rings. The molecule has 4 aliphatic rings. The number of rotatable bonds is 1. The van der Waals surface area contributed by atoms with Crippen LogP contribution >= 0.6 is 0 Å². The molecule has 0 aromatic heterocycles. The molecule has 0 heterocycles. The highest BCUT2D eigenvalue weighted by Crippen LogP contribution is 2.56. The molecule has 4 bridgehead atoms. The van der Waals surface area contributed by atoms with Crippen molar-refractivity contribution in [2.45, 2.75) is 32.1 Å². The van der Waals surface area contributed by atoms with Gasteiger partial charge in [-0.2, -0.15) is 0 Å². The van der Waals surface area contributed by atoms with Gasteiger partial charge in [-0.25, -0.2) is 0 Å². The topological polar surface area (TPSA) is 48.8 Å². The van der Waals surface area contributed by atoms with E-state index in [0.29, 0.717) is 0 Å². The number of allylic oxidation sites excluding steroid dienone is 1. The highest BCUT2D eigenvalue weighted by atomic mass is 15.1. The summed E-state index contributed by atoms with van der Waals surface area (Å²) in [7, 11) is 0. The van der Waals surface area contributed by atoms with E-state index in [0.717, 1.165) is 23.7 Å². The van der Waals surface area contributed by atoms with Crippen molar-refractivity contribution < 1.29 is 0 Å². The second-order valence-electron chi connectivity index (χ2n) is 5.14.